The van der Waals surface area contributed by atoms with E-state index in [0.717, 1.165) is 27.8 Å². The van der Waals surface area contributed by atoms with E-state index in [1.54, 1.807) is 12.1 Å². The summed E-state index contributed by atoms with van der Waals surface area (Å²) < 4.78 is 5.91. The molecule has 0 aliphatic carbocycles. The van der Waals surface area contributed by atoms with Gasteiger partial charge in [-0.05, 0) is 65.0 Å². The number of fused-ring (bicyclic) bond motifs is 1. The zero-order chi connectivity index (χ0) is 25.2. The zero-order valence-electron chi connectivity index (χ0n) is 19.2. The number of carbonyl (C=O) groups is 1. The number of aromatic nitrogens is 7. The SMILES string of the molecule is Nc1n[nH]c2cc(-c3ccc(C(=O)Nc4nnn[nH]4)cc3)nc(-c3ccc(Oc4ccccc4)cc3)c12. The third-order valence-electron chi connectivity index (χ3n) is 5.70. The van der Waals surface area contributed by atoms with Crippen LogP contribution in [0.25, 0.3) is 33.4 Å². The van der Waals surface area contributed by atoms with Crippen LogP contribution in [0.4, 0.5) is 11.8 Å². The largest absolute Gasteiger partial charge is 0.457 e. The molecule has 0 saturated heterocycles. The van der Waals surface area contributed by atoms with Crippen LogP contribution >= 0.6 is 0 Å². The van der Waals surface area contributed by atoms with Gasteiger partial charge in [-0.3, -0.25) is 15.2 Å². The number of amides is 1. The highest BCUT2D eigenvalue weighted by Gasteiger charge is 2.16. The van der Waals surface area contributed by atoms with Crippen molar-refractivity contribution < 1.29 is 9.53 Å². The normalized spacial score (nSPS) is 10.9. The van der Waals surface area contributed by atoms with Crippen molar-refractivity contribution in [2.24, 2.45) is 0 Å². The highest BCUT2D eigenvalue weighted by molar-refractivity contribution is 6.04. The predicted molar refractivity (Wildman–Crippen MR) is 138 cm³/mol. The standard InChI is InChI=1S/C26H19N9O2/c27-24-22-21(30-31-24)14-20(15-6-8-17(9-7-15)25(36)29-26-32-34-35-33-26)28-23(22)16-10-12-19(13-11-16)37-18-4-2-1-3-5-18/h1-14H,(H3,27,30,31)(H2,29,32,33,34,35,36). The van der Waals surface area contributed by atoms with Gasteiger partial charge in [-0.1, -0.05) is 35.4 Å². The molecule has 11 nitrogen and oxygen atoms in total. The first-order chi connectivity index (χ1) is 18.1. The van der Waals surface area contributed by atoms with Gasteiger partial charge in [-0.25, -0.2) is 10.1 Å². The van der Waals surface area contributed by atoms with Gasteiger partial charge < -0.3 is 10.5 Å². The van der Waals surface area contributed by atoms with Gasteiger partial charge in [0.15, 0.2) is 5.82 Å². The van der Waals surface area contributed by atoms with Crippen LogP contribution in [0.1, 0.15) is 10.4 Å². The molecule has 37 heavy (non-hydrogen) atoms. The van der Waals surface area contributed by atoms with E-state index in [-0.39, 0.29) is 11.9 Å². The van der Waals surface area contributed by atoms with E-state index in [1.807, 2.05) is 72.8 Å². The number of nitrogens with two attached hydrogens (primary N) is 1. The number of pyridine rings is 1. The van der Waals surface area contributed by atoms with E-state index in [2.05, 4.69) is 36.1 Å². The number of ether oxygens (including phenoxy) is 1. The fourth-order valence-corrected chi connectivity index (χ4v) is 3.92. The lowest BCUT2D eigenvalue weighted by atomic mass is 10.0. The van der Waals surface area contributed by atoms with Gasteiger partial charge in [0.1, 0.15) is 11.5 Å². The van der Waals surface area contributed by atoms with Gasteiger partial charge in [0.2, 0.25) is 5.95 Å². The second-order valence-corrected chi connectivity index (χ2v) is 8.11. The molecule has 0 unspecified atom stereocenters. The average molecular weight is 489 g/mol. The van der Waals surface area contributed by atoms with Crippen molar-refractivity contribution in [3.63, 3.8) is 0 Å². The quantitative estimate of drug-likeness (QED) is 0.267. The number of nitrogen functional groups attached to an aromatic ring is 1. The molecule has 0 fully saturated rings. The Morgan fingerprint density at radius 2 is 1.59 bits per heavy atom. The Balaban J connectivity index is 1.31. The zero-order valence-corrected chi connectivity index (χ0v) is 19.2. The molecule has 0 radical (unpaired) electrons. The first kappa shape index (κ1) is 21.9. The van der Waals surface area contributed by atoms with E-state index in [1.165, 1.54) is 0 Å². The molecule has 180 valence electrons. The topological polar surface area (TPSA) is 160 Å². The lowest BCUT2D eigenvalue weighted by Crippen LogP contribution is -2.12. The molecule has 3 heterocycles. The molecule has 0 bridgehead atoms. The van der Waals surface area contributed by atoms with E-state index < -0.39 is 0 Å². The first-order valence-electron chi connectivity index (χ1n) is 11.3. The summed E-state index contributed by atoms with van der Waals surface area (Å²) in [6.45, 7) is 0. The number of nitrogens with zero attached hydrogens (tertiary/aromatic N) is 5. The van der Waals surface area contributed by atoms with Crippen LogP contribution in [-0.4, -0.2) is 41.7 Å². The van der Waals surface area contributed by atoms with Gasteiger partial charge in [0, 0.05) is 16.7 Å². The third kappa shape index (κ3) is 4.44. The summed E-state index contributed by atoms with van der Waals surface area (Å²) in [7, 11) is 0. The number of anilines is 2. The minimum absolute atomic E-state index is 0.169. The van der Waals surface area contributed by atoms with E-state index in [0.29, 0.717) is 28.5 Å². The van der Waals surface area contributed by atoms with Crippen molar-refractivity contribution in [2.75, 3.05) is 11.1 Å². The molecule has 5 N–H and O–H groups in total. The van der Waals surface area contributed by atoms with Crippen LogP contribution in [0.2, 0.25) is 0 Å². The van der Waals surface area contributed by atoms with E-state index >= 15 is 0 Å². The van der Waals surface area contributed by atoms with Crippen LogP contribution in [-0.2, 0) is 0 Å². The lowest BCUT2D eigenvalue weighted by molar-refractivity contribution is 0.102. The molecule has 1 amide bonds. The van der Waals surface area contributed by atoms with Gasteiger partial charge >= 0.3 is 0 Å². The molecule has 6 rings (SSSR count). The summed E-state index contributed by atoms with van der Waals surface area (Å²) in [6.07, 6.45) is 0. The van der Waals surface area contributed by atoms with Crippen LogP contribution in [0.15, 0.2) is 84.9 Å². The number of carbonyl (C=O) groups excluding carboxylic acids is 1. The van der Waals surface area contributed by atoms with Crippen LogP contribution in [0.5, 0.6) is 11.5 Å². The van der Waals surface area contributed by atoms with Crippen LogP contribution in [0.3, 0.4) is 0 Å². The summed E-state index contributed by atoms with van der Waals surface area (Å²) in [5.41, 5.74) is 10.4. The molecular formula is C26H19N9O2. The molecular weight excluding hydrogens is 470 g/mol. The maximum absolute atomic E-state index is 12.4. The summed E-state index contributed by atoms with van der Waals surface area (Å²) in [6, 6.07) is 26.1. The van der Waals surface area contributed by atoms with Crippen molar-refractivity contribution >= 4 is 28.6 Å². The van der Waals surface area contributed by atoms with E-state index in [9.17, 15) is 4.79 Å². The predicted octanol–water partition coefficient (Wildman–Crippen LogP) is 4.43. The van der Waals surface area contributed by atoms with Gasteiger partial charge in [-0.15, -0.1) is 0 Å². The number of hydrogen-bond acceptors (Lipinski definition) is 8. The Labute approximate surface area is 209 Å². The highest BCUT2D eigenvalue weighted by atomic mass is 16.5. The van der Waals surface area contributed by atoms with Crippen molar-refractivity contribution in [3.05, 3.63) is 90.5 Å². The van der Waals surface area contributed by atoms with E-state index in [4.69, 9.17) is 15.5 Å². The molecule has 3 aromatic carbocycles. The maximum Gasteiger partial charge on any atom is 0.258 e. The second kappa shape index (κ2) is 9.23. The third-order valence-corrected chi connectivity index (χ3v) is 5.70. The first-order valence-corrected chi connectivity index (χ1v) is 11.3. The van der Waals surface area contributed by atoms with Crippen molar-refractivity contribution in [3.8, 4) is 34.0 Å². The van der Waals surface area contributed by atoms with Crippen molar-refractivity contribution in [1.29, 1.82) is 0 Å². The number of aromatic amines is 2. The monoisotopic (exact) mass is 489 g/mol. The van der Waals surface area contributed by atoms with Gasteiger partial charge in [0.05, 0.1) is 22.3 Å². The molecule has 3 aromatic heterocycles. The van der Waals surface area contributed by atoms with Crippen LogP contribution < -0.4 is 15.8 Å². The minimum Gasteiger partial charge on any atom is -0.457 e. The molecule has 0 aliphatic heterocycles. The Kier molecular flexibility index (Phi) is 5.47. The number of para-hydroxylation sites is 1. The maximum atomic E-state index is 12.4. The summed E-state index contributed by atoms with van der Waals surface area (Å²) in [5, 5.41) is 23.5. The number of hydrogen-bond donors (Lipinski definition) is 4. The molecule has 0 atom stereocenters. The Bertz CT molecular complexity index is 1680. The van der Waals surface area contributed by atoms with Crippen molar-refractivity contribution in [2.45, 2.75) is 0 Å². The molecule has 11 heteroatoms. The number of rotatable bonds is 6. The summed E-state index contributed by atoms with van der Waals surface area (Å²) >= 11 is 0. The Hall–Kier alpha value is -5.58. The number of H-pyrrole nitrogens is 2. The Morgan fingerprint density at radius 1 is 0.865 bits per heavy atom. The van der Waals surface area contributed by atoms with Crippen LogP contribution in [0, 0.1) is 0 Å². The summed E-state index contributed by atoms with van der Waals surface area (Å²) in [5.74, 6) is 1.66. The number of tetrazole rings is 1. The van der Waals surface area contributed by atoms with Gasteiger partial charge in [0.25, 0.3) is 5.91 Å². The Morgan fingerprint density at radius 3 is 2.32 bits per heavy atom. The minimum atomic E-state index is -0.339. The smallest absolute Gasteiger partial charge is 0.258 e. The number of nitrogens with one attached hydrogen (secondary N) is 3. The molecule has 0 spiro atoms. The second-order valence-electron chi connectivity index (χ2n) is 8.11. The molecule has 0 aliphatic rings. The number of benzene rings is 3. The fraction of sp³-hybridized carbons (Fsp3) is 0. The van der Waals surface area contributed by atoms with Gasteiger partial charge in [-0.2, -0.15) is 5.10 Å². The summed E-state index contributed by atoms with van der Waals surface area (Å²) in [4.78, 5) is 17.4. The fourth-order valence-electron chi connectivity index (χ4n) is 3.92. The molecule has 6 aromatic rings. The highest BCUT2D eigenvalue weighted by Crippen LogP contribution is 2.34. The lowest BCUT2D eigenvalue weighted by Gasteiger charge is -2.10. The molecule has 0 saturated carbocycles. The average Bonchev–Trinajstić information content (AvgIpc) is 3.59. The van der Waals surface area contributed by atoms with Crippen molar-refractivity contribution in [1.82, 2.24) is 35.8 Å².